The lowest BCUT2D eigenvalue weighted by atomic mass is 10.3. The van der Waals surface area contributed by atoms with Crippen LogP contribution in [0.3, 0.4) is 0 Å². The van der Waals surface area contributed by atoms with Gasteiger partial charge in [0.15, 0.2) is 5.13 Å². The molecule has 0 aliphatic heterocycles. The van der Waals surface area contributed by atoms with E-state index >= 15 is 0 Å². The van der Waals surface area contributed by atoms with Crippen molar-refractivity contribution in [3.05, 3.63) is 22.3 Å². The number of amides is 3. The highest BCUT2D eigenvalue weighted by molar-refractivity contribution is 7.17. The van der Waals surface area contributed by atoms with Crippen molar-refractivity contribution in [2.45, 2.75) is 6.92 Å². The average molecular weight is 394 g/mol. The first-order valence-electron chi connectivity index (χ1n) is 7.96. The van der Waals surface area contributed by atoms with Crippen LogP contribution in [0.15, 0.2) is 6.20 Å². The molecule has 3 amide bonds. The highest BCUT2D eigenvalue weighted by atomic mass is 32.1. The Kier molecular flexibility index (Phi) is 6.16. The van der Waals surface area contributed by atoms with Gasteiger partial charge in [-0.3, -0.25) is 19.1 Å². The van der Waals surface area contributed by atoms with Crippen molar-refractivity contribution < 1.29 is 19.1 Å². The van der Waals surface area contributed by atoms with Crippen molar-refractivity contribution in [1.29, 1.82) is 0 Å². The number of rotatable bonds is 6. The van der Waals surface area contributed by atoms with Gasteiger partial charge in [0, 0.05) is 34.4 Å². The van der Waals surface area contributed by atoms with Crippen LogP contribution in [-0.2, 0) is 11.8 Å². The molecule has 10 nitrogen and oxygen atoms in total. The number of ether oxygens (including phenoxy) is 1. The lowest BCUT2D eigenvalue weighted by Gasteiger charge is -2.15. The molecule has 0 unspecified atom stereocenters. The van der Waals surface area contributed by atoms with Gasteiger partial charge in [0.1, 0.15) is 10.4 Å². The molecule has 0 fully saturated rings. The number of likely N-dealkylation sites (N-methyl/N-ethyl adjacent to an activating group) is 1. The van der Waals surface area contributed by atoms with Gasteiger partial charge in [-0.1, -0.05) is 11.3 Å². The molecule has 0 aromatic carbocycles. The summed E-state index contributed by atoms with van der Waals surface area (Å²) >= 11 is 1.09. The third-order valence-corrected chi connectivity index (χ3v) is 4.65. The summed E-state index contributed by atoms with van der Waals surface area (Å²) in [6, 6.07) is 0. The van der Waals surface area contributed by atoms with Crippen LogP contribution >= 0.6 is 11.3 Å². The van der Waals surface area contributed by atoms with Crippen LogP contribution in [0.2, 0.25) is 0 Å². The number of methoxy groups -OCH3 is 1. The topological polar surface area (TPSA) is 110 Å². The molecule has 0 aliphatic rings. The summed E-state index contributed by atoms with van der Waals surface area (Å²) in [6.07, 6.45) is 1.53. The first kappa shape index (κ1) is 20.4. The molecular weight excluding hydrogens is 372 g/mol. The Morgan fingerprint density at radius 2 is 1.93 bits per heavy atom. The second kappa shape index (κ2) is 8.16. The maximum atomic E-state index is 12.5. The van der Waals surface area contributed by atoms with E-state index < -0.39 is 11.8 Å². The Morgan fingerprint density at radius 1 is 1.26 bits per heavy atom. The van der Waals surface area contributed by atoms with E-state index in [4.69, 9.17) is 4.74 Å². The van der Waals surface area contributed by atoms with Crippen LogP contribution in [0.1, 0.15) is 25.7 Å². The van der Waals surface area contributed by atoms with E-state index in [1.165, 1.54) is 34.8 Å². The minimum atomic E-state index is -0.425. The number of anilines is 1. The van der Waals surface area contributed by atoms with Gasteiger partial charge in [-0.2, -0.15) is 0 Å². The fourth-order valence-corrected chi connectivity index (χ4v) is 3.27. The van der Waals surface area contributed by atoms with Crippen molar-refractivity contribution >= 4 is 34.2 Å². The van der Waals surface area contributed by atoms with Crippen molar-refractivity contribution in [1.82, 2.24) is 24.6 Å². The van der Waals surface area contributed by atoms with Crippen molar-refractivity contribution in [2.75, 3.05) is 40.1 Å². The van der Waals surface area contributed by atoms with Gasteiger partial charge in [0.25, 0.3) is 11.8 Å². The molecule has 2 heterocycles. The Labute approximate surface area is 160 Å². The molecule has 0 atom stereocenters. The summed E-state index contributed by atoms with van der Waals surface area (Å²) in [7, 11) is 7.88. The van der Waals surface area contributed by atoms with Crippen molar-refractivity contribution in [3.8, 4) is 5.88 Å². The lowest BCUT2D eigenvalue weighted by Crippen LogP contribution is -2.35. The molecule has 2 rings (SSSR count). The number of thiazole rings is 1. The van der Waals surface area contributed by atoms with E-state index in [1.54, 1.807) is 28.1 Å². The number of aryl methyl sites for hydroxylation is 2. The standard InChI is InChI=1S/C16H22N6O4S/c1-9-12(15(25)20(2)3)27-16(17-9)18-11(23)8-21(4)14(24)10-7-22(5)19-13(10)26-6/h7H,8H2,1-6H3,(H,17,18,23). The maximum Gasteiger partial charge on any atom is 0.265 e. The van der Waals surface area contributed by atoms with Gasteiger partial charge in [0.2, 0.25) is 11.8 Å². The van der Waals surface area contributed by atoms with E-state index in [1.807, 2.05) is 0 Å². The summed E-state index contributed by atoms with van der Waals surface area (Å²) < 4.78 is 6.53. The van der Waals surface area contributed by atoms with Gasteiger partial charge >= 0.3 is 0 Å². The fourth-order valence-electron chi connectivity index (χ4n) is 2.27. The smallest absolute Gasteiger partial charge is 0.265 e. The van der Waals surface area contributed by atoms with E-state index in [0.717, 1.165) is 11.3 Å². The second-order valence-electron chi connectivity index (χ2n) is 6.07. The minimum Gasteiger partial charge on any atom is -0.479 e. The summed E-state index contributed by atoms with van der Waals surface area (Å²) in [5.41, 5.74) is 0.804. The lowest BCUT2D eigenvalue weighted by molar-refractivity contribution is -0.116. The number of carbonyl (C=O) groups is 3. The number of nitrogens with one attached hydrogen (secondary N) is 1. The summed E-state index contributed by atoms with van der Waals surface area (Å²) in [5.74, 6) is -0.807. The van der Waals surface area contributed by atoms with E-state index in [-0.39, 0.29) is 23.9 Å². The molecule has 0 aliphatic carbocycles. The Morgan fingerprint density at radius 3 is 2.52 bits per heavy atom. The van der Waals surface area contributed by atoms with E-state index in [2.05, 4.69) is 15.4 Å². The molecule has 0 radical (unpaired) electrons. The average Bonchev–Trinajstić information content (AvgIpc) is 3.15. The number of nitrogens with zero attached hydrogens (tertiary/aromatic N) is 5. The van der Waals surface area contributed by atoms with Gasteiger partial charge in [0.05, 0.1) is 19.3 Å². The van der Waals surface area contributed by atoms with E-state index in [0.29, 0.717) is 15.7 Å². The third-order valence-electron chi connectivity index (χ3n) is 3.59. The SMILES string of the molecule is COc1nn(C)cc1C(=O)N(C)CC(=O)Nc1nc(C)c(C(=O)N(C)C)s1. The highest BCUT2D eigenvalue weighted by Gasteiger charge is 2.23. The molecule has 0 saturated heterocycles. The quantitative estimate of drug-likeness (QED) is 0.769. The number of aromatic nitrogens is 3. The monoisotopic (exact) mass is 394 g/mol. The van der Waals surface area contributed by atoms with E-state index in [9.17, 15) is 14.4 Å². The second-order valence-corrected chi connectivity index (χ2v) is 7.07. The van der Waals surface area contributed by atoms with Gasteiger partial charge in [-0.15, -0.1) is 5.10 Å². The predicted molar refractivity (Wildman–Crippen MR) is 100 cm³/mol. The first-order valence-corrected chi connectivity index (χ1v) is 8.77. The first-order chi connectivity index (χ1) is 12.6. The number of hydrogen-bond donors (Lipinski definition) is 1. The molecule has 0 bridgehead atoms. The molecule has 2 aromatic heterocycles. The molecule has 1 N–H and O–H groups in total. The minimum absolute atomic E-state index is 0.179. The van der Waals surface area contributed by atoms with Gasteiger partial charge in [-0.25, -0.2) is 4.98 Å². The largest absolute Gasteiger partial charge is 0.479 e. The van der Waals surface area contributed by atoms with Crippen LogP contribution in [0.5, 0.6) is 5.88 Å². The van der Waals surface area contributed by atoms with Crippen LogP contribution < -0.4 is 10.1 Å². The molecule has 27 heavy (non-hydrogen) atoms. The Bertz CT molecular complexity index is 872. The molecule has 11 heteroatoms. The van der Waals surface area contributed by atoms with Gasteiger partial charge in [-0.05, 0) is 6.92 Å². The predicted octanol–water partition coefficient (Wildman–Crippen LogP) is 0.606. The normalized spacial score (nSPS) is 10.4. The zero-order chi connectivity index (χ0) is 20.3. The van der Waals surface area contributed by atoms with Crippen LogP contribution in [0.4, 0.5) is 5.13 Å². The Hall–Kier alpha value is -2.95. The molecule has 0 spiro atoms. The van der Waals surface area contributed by atoms with Crippen LogP contribution in [-0.4, -0.2) is 77.1 Å². The fraction of sp³-hybridized carbons (Fsp3) is 0.438. The molecule has 2 aromatic rings. The highest BCUT2D eigenvalue weighted by Crippen LogP contribution is 2.23. The molecule has 146 valence electrons. The summed E-state index contributed by atoms with van der Waals surface area (Å²) in [5, 5.41) is 6.95. The number of carbonyl (C=O) groups excluding carboxylic acids is 3. The summed E-state index contributed by atoms with van der Waals surface area (Å²) in [4.78, 5) is 44.2. The molecule has 0 saturated carbocycles. The van der Waals surface area contributed by atoms with Crippen LogP contribution in [0.25, 0.3) is 0 Å². The third kappa shape index (κ3) is 4.61. The molecular formula is C16H22N6O4S. The summed E-state index contributed by atoms with van der Waals surface area (Å²) in [6.45, 7) is 1.51. The zero-order valence-corrected chi connectivity index (χ0v) is 16.9. The number of hydrogen-bond acceptors (Lipinski definition) is 7. The zero-order valence-electron chi connectivity index (χ0n) is 16.1. The maximum absolute atomic E-state index is 12.5. The van der Waals surface area contributed by atoms with Crippen LogP contribution in [0, 0.1) is 6.92 Å². The Balaban J connectivity index is 2.04. The van der Waals surface area contributed by atoms with Crippen molar-refractivity contribution in [2.24, 2.45) is 7.05 Å². The van der Waals surface area contributed by atoms with Crippen molar-refractivity contribution in [3.63, 3.8) is 0 Å². The van der Waals surface area contributed by atoms with Gasteiger partial charge < -0.3 is 19.9 Å².